The summed E-state index contributed by atoms with van der Waals surface area (Å²) in [5.41, 5.74) is 4.30. The Balaban J connectivity index is 1.81. The minimum absolute atomic E-state index is 0.279. The predicted octanol–water partition coefficient (Wildman–Crippen LogP) is 4.20. The summed E-state index contributed by atoms with van der Waals surface area (Å²) in [7, 11) is 0. The molecule has 5 heteroatoms. The molecular weight excluding hydrogens is 326 g/mol. The van der Waals surface area contributed by atoms with E-state index in [0.717, 1.165) is 11.1 Å². The maximum absolute atomic E-state index is 12.7. The number of carbonyl (C=O) groups excluding carboxylic acids is 2. The van der Waals surface area contributed by atoms with Gasteiger partial charge in [-0.05, 0) is 61.4 Å². The molecule has 2 aromatic carbocycles. The highest BCUT2D eigenvalue weighted by Crippen LogP contribution is 2.20. The van der Waals surface area contributed by atoms with Crippen molar-refractivity contribution < 1.29 is 9.59 Å². The largest absolute Gasteiger partial charge is 0.322 e. The number of amides is 2. The molecule has 0 bridgehead atoms. The molecule has 0 spiro atoms. The van der Waals surface area contributed by atoms with E-state index < -0.39 is 0 Å². The van der Waals surface area contributed by atoms with E-state index in [0.29, 0.717) is 22.5 Å². The molecule has 0 fully saturated rings. The molecule has 0 saturated carbocycles. The lowest BCUT2D eigenvalue weighted by Crippen LogP contribution is -2.18. The first-order valence-corrected chi connectivity index (χ1v) is 8.23. The van der Waals surface area contributed by atoms with Crippen molar-refractivity contribution in [3.63, 3.8) is 0 Å². The fourth-order valence-electron chi connectivity index (χ4n) is 2.51. The molecule has 0 unspecified atom stereocenters. The number of hydrogen-bond acceptors (Lipinski definition) is 3. The molecule has 2 amide bonds. The second-order valence-electron chi connectivity index (χ2n) is 5.99. The first-order valence-electron chi connectivity index (χ1n) is 8.23. The topological polar surface area (TPSA) is 71.1 Å². The van der Waals surface area contributed by atoms with Crippen molar-refractivity contribution in [1.29, 1.82) is 0 Å². The van der Waals surface area contributed by atoms with E-state index in [4.69, 9.17) is 0 Å². The van der Waals surface area contributed by atoms with Gasteiger partial charge >= 0.3 is 0 Å². The van der Waals surface area contributed by atoms with Crippen LogP contribution in [0.1, 0.15) is 31.8 Å². The van der Waals surface area contributed by atoms with Crippen molar-refractivity contribution in [2.24, 2.45) is 0 Å². The number of para-hydroxylation sites is 1. The molecule has 0 aliphatic carbocycles. The number of benzene rings is 2. The summed E-state index contributed by atoms with van der Waals surface area (Å²) >= 11 is 0. The third-order valence-electron chi connectivity index (χ3n) is 4.13. The minimum Gasteiger partial charge on any atom is -0.322 e. The fraction of sp³-hybridized carbons (Fsp3) is 0.0952. The van der Waals surface area contributed by atoms with Crippen LogP contribution >= 0.6 is 0 Å². The van der Waals surface area contributed by atoms with E-state index in [-0.39, 0.29) is 11.8 Å². The van der Waals surface area contributed by atoms with Gasteiger partial charge in [0, 0.05) is 23.6 Å². The Bertz CT molecular complexity index is 952. The van der Waals surface area contributed by atoms with E-state index in [2.05, 4.69) is 15.6 Å². The first-order chi connectivity index (χ1) is 12.5. The van der Waals surface area contributed by atoms with Gasteiger partial charge in [-0.2, -0.15) is 0 Å². The van der Waals surface area contributed by atoms with Crippen molar-refractivity contribution in [3.8, 4) is 0 Å². The van der Waals surface area contributed by atoms with E-state index in [1.54, 1.807) is 48.8 Å². The molecule has 0 radical (unpaired) electrons. The number of aromatic nitrogens is 1. The number of nitrogens with zero attached hydrogens (tertiary/aromatic N) is 1. The summed E-state index contributed by atoms with van der Waals surface area (Å²) < 4.78 is 0. The predicted molar refractivity (Wildman–Crippen MR) is 103 cm³/mol. The van der Waals surface area contributed by atoms with Crippen LogP contribution in [0.4, 0.5) is 11.4 Å². The van der Waals surface area contributed by atoms with Gasteiger partial charge in [0.2, 0.25) is 0 Å². The van der Waals surface area contributed by atoms with E-state index in [9.17, 15) is 9.59 Å². The third-order valence-corrected chi connectivity index (χ3v) is 4.13. The number of rotatable bonds is 4. The highest BCUT2D eigenvalue weighted by Gasteiger charge is 2.14. The van der Waals surface area contributed by atoms with Crippen LogP contribution in [-0.4, -0.2) is 16.8 Å². The number of aryl methyl sites for hydroxylation is 2. The van der Waals surface area contributed by atoms with Crippen LogP contribution < -0.4 is 10.6 Å². The zero-order chi connectivity index (χ0) is 18.5. The molecule has 5 nitrogen and oxygen atoms in total. The Labute approximate surface area is 152 Å². The van der Waals surface area contributed by atoms with Gasteiger partial charge in [0.05, 0.1) is 11.3 Å². The van der Waals surface area contributed by atoms with Gasteiger partial charge in [-0.1, -0.05) is 18.2 Å². The van der Waals surface area contributed by atoms with Crippen molar-refractivity contribution in [1.82, 2.24) is 4.98 Å². The highest BCUT2D eigenvalue weighted by molar-refractivity contribution is 6.12. The standard InChI is InChI=1S/C21H19N3O2/c1-14-7-8-17(13-15(14)2)23-21(26)18-5-3-4-6-19(18)24-20(25)16-9-11-22-12-10-16/h3-13H,1-2H3,(H,23,26)(H,24,25). The Kier molecular flexibility index (Phi) is 5.08. The lowest BCUT2D eigenvalue weighted by atomic mass is 10.1. The lowest BCUT2D eigenvalue weighted by Gasteiger charge is -2.12. The van der Waals surface area contributed by atoms with Crippen LogP contribution in [0.3, 0.4) is 0 Å². The quantitative estimate of drug-likeness (QED) is 0.744. The van der Waals surface area contributed by atoms with Crippen molar-refractivity contribution in [2.45, 2.75) is 13.8 Å². The number of carbonyl (C=O) groups is 2. The summed E-state index contributed by atoms with van der Waals surface area (Å²) in [5.74, 6) is -0.572. The summed E-state index contributed by atoms with van der Waals surface area (Å²) in [6, 6.07) is 15.9. The normalized spacial score (nSPS) is 10.2. The maximum Gasteiger partial charge on any atom is 0.257 e. The second kappa shape index (κ2) is 7.61. The van der Waals surface area contributed by atoms with Gasteiger partial charge < -0.3 is 10.6 Å². The Morgan fingerprint density at radius 3 is 2.27 bits per heavy atom. The maximum atomic E-state index is 12.7. The second-order valence-corrected chi connectivity index (χ2v) is 5.99. The van der Waals surface area contributed by atoms with Gasteiger partial charge in [-0.15, -0.1) is 0 Å². The third kappa shape index (κ3) is 3.95. The average molecular weight is 345 g/mol. The molecule has 0 aliphatic rings. The van der Waals surface area contributed by atoms with Crippen molar-refractivity contribution in [2.75, 3.05) is 10.6 Å². The molecular formula is C21H19N3O2. The molecule has 0 atom stereocenters. The SMILES string of the molecule is Cc1ccc(NC(=O)c2ccccc2NC(=O)c2ccncc2)cc1C. The van der Waals surface area contributed by atoms with E-state index in [1.807, 2.05) is 32.0 Å². The average Bonchev–Trinajstić information content (AvgIpc) is 2.66. The Hall–Kier alpha value is -3.47. The summed E-state index contributed by atoms with van der Waals surface area (Å²) in [5, 5.41) is 5.67. The molecule has 2 N–H and O–H groups in total. The number of pyridine rings is 1. The van der Waals surface area contributed by atoms with Gasteiger partial charge in [0.15, 0.2) is 0 Å². The lowest BCUT2D eigenvalue weighted by molar-refractivity contribution is 0.102. The first kappa shape index (κ1) is 17.4. The molecule has 3 aromatic rings. The molecule has 3 rings (SSSR count). The number of anilines is 2. The molecule has 130 valence electrons. The zero-order valence-electron chi connectivity index (χ0n) is 14.6. The summed E-state index contributed by atoms with van der Waals surface area (Å²) in [6.07, 6.45) is 3.10. The highest BCUT2D eigenvalue weighted by atomic mass is 16.2. The summed E-state index contributed by atoms with van der Waals surface area (Å²) in [6.45, 7) is 4.01. The van der Waals surface area contributed by atoms with Gasteiger partial charge in [0.25, 0.3) is 11.8 Å². The molecule has 0 aliphatic heterocycles. The van der Waals surface area contributed by atoms with Crippen molar-refractivity contribution in [3.05, 3.63) is 89.2 Å². The number of hydrogen-bond donors (Lipinski definition) is 2. The van der Waals surface area contributed by atoms with Crippen molar-refractivity contribution >= 4 is 23.2 Å². The molecule has 1 aromatic heterocycles. The van der Waals surface area contributed by atoms with E-state index in [1.165, 1.54) is 0 Å². The number of nitrogens with one attached hydrogen (secondary N) is 2. The van der Waals surface area contributed by atoms with E-state index >= 15 is 0 Å². The minimum atomic E-state index is -0.293. The zero-order valence-corrected chi connectivity index (χ0v) is 14.6. The van der Waals surface area contributed by atoms with Crippen LogP contribution in [0.5, 0.6) is 0 Å². The Morgan fingerprint density at radius 2 is 1.54 bits per heavy atom. The fourth-order valence-corrected chi connectivity index (χ4v) is 2.51. The smallest absolute Gasteiger partial charge is 0.257 e. The van der Waals surface area contributed by atoms with Crippen LogP contribution in [0.2, 0.25) is 0 Å². The van der Waals surface area contributed by atoms with Gasteiger partial charge in [-0.3, -0.25) is 14.6 Å². The monoisotopic (exact) mass is 345 g/mol. The van der Waals surface area contributed by atoms with Crippen LogP contribution in [0, 0.1) is 13.8 Å². The van der Waals surface area contributed by atoms with Crippen LogP contribution in [-0.2, 0) is 0 Å². The molecule has 26 heavy (non-hydrogen) atoms. The molecule has 1 heterocycles. The Morgan fingerprint density at radius 1 is 0.808 bits per heavy atom. The summed E-state index contributed by atoms with van der Waals surface area (Å²) in [4.78, 5) is 28.9. The van der Waals surface area contributed by atoms with Crippen LogP contribution in [0.25, 0.3) is 0 Å². The van der Waals surface area contributed by atoms with Crippen LogP contribution in [0.15, 0.2) is 67.0 Å². The van der Waals surface area contributed by atoms with Gasteiger partial charge in [0.1, 0.15) is 0 Å². The van der Waals surface area contributed by atoms with Gasteiger partial charge in [-0.25, -0.2) is 0 Å². The molecule has 0 saturated heterocycles.